The molecule has 0 radical (unpaired) electrons. The van der Waals surface area contributed by atoms with Crippen LogP contribution in [0.25, 0.3) is 11.0 Å². The first-order valence-electron chi connectivity index (χ1n) is 8.91. The average molecular weight is 369 g/mol. The zero-order valence-electron chi connectivity index (χ0n) is 14.4. The Labute approximate surface area is 157 Å². The van der Waals surface area contributed by atoms with Gasteiger partial charge in [0.15, 0.2) is 0 Å². The molecule has 3 aromatic rings. The summed E-state index contributed by atoms with van der Waals surface area (Å²) < 4.78 is 0. The Morgan fingerprint density at radius 2 is 2.04 bits per heavy atom. The van der Waals surface area contributed by atoms with E-state index in [-0.39, 0.29) is 11.8 Å². The fraction of sp³-hybridized carbons (Fsp3) is 0.300. The van der Waals surface area contributed by atoms with Crippen molar-refractivity contribution < 1.29 is 4.79 Å². The molecule has 6 heteroatoms. The molecule has 0 aliphatic carbocycles. The number of nitrogens with zero attached hydrogens (tertiary/aromatic N) is 2. The maximum absolute atomic E-state index is 12.6. The molecule has 4 rings (SSSR count). The van der Waals surface area contributed by atoms with Gasteiger partial charge in [-0.25, -0.2) is 4.98 Å². The number of carbonyl (C=O) groups excluding carboxylic acids is 1. The van der Waals surface area contributed by atoms with Crippen LogP contribution in [0.15, 0.2) is 48.5 Å². The fourth-order valence-electron chi connectivity index (χ4n) is 3.41. The van der Waals surface area contributed by atoms with Gasteiger partial charge in [-0.05, 0) is 42.7 Å². The highest BCUT2D eigenvalue weighted by molar-refractivity contribution is 6.30. The maximum Gasteiger partial charge on any atom is 0.225 e. The lowest BCUT2D eigenvalue weighted by Crippen LogP contribution is -2.43. The van der Waals surface area contributed by atoms with Crippen LogP contribution in [0.4, 0.5) is 5.95 Å². The molecule has 26 heavy (non-hydrogen) atoms. The first-order valence-corrected chi connectivity index (χ1v) is 9.29. The SMILES string of the molecule is O=C(NCc1ccc(Cl)cc1)C1CCCN(c2nc3ccccc3[nH]2)C1. The minimum atomic E-state index is -0.0238. The number of aromatic nitrogens is 2. The minimum absolute atomic E-state index is 0.0238. The van der Waals surface area contributed by atoms with E-state index in [0.29, 0.717) is 18.1 Å². The van der Waals surface area contributed by atoms with Gasteiger partial charge in [0.25, 0.3) is 0 Å². The molecule has 1 amide bonds. The monoisotopic (exact) mass is 368 g/mol. The summed E-state index contributed by atoms with van der Waals surface area (Å²) in [5.41, 5.74) is 3.03. The Kier molecular flexibility index (Phi) is 4.80. The molecule has 1 aromatic heterocycles. The zero-order valence-corrected chi connectivity index (χ0v) is 15.2. The standard InChI is InChI=1S/C20H21ClN4O/c21-16-9-7-14(8-10-16)12-22-19(26)15-4-3-11-25(13-15)20-23-17-5-1-2-6-18(17)24-20/h1-2,5-10,15H,3-4,11-13H2,(H,22,26)(H,23,24). The van der Waals surface area contributed by atoms with Crippen LogP contribution in [-0.4, -0.2) is 29.0 Å². The molecular formula is C20H21ClN4O. The van der Waals surface area contributed by atoms with Gasteiger partial charge in [0.1, 0.15) is 0 Å². The predicted octanol–water partition coefficient (Wildman–Crippen LogP) is 3.75. The lowest BCUT2D eigenvalue weighted by Gasteiger charge is -2.31. The van der Waals surface area contributed by atoms with Gasteiger partial charge in [-0.3, -0.25) is 4.79 Å². The molecule has 1 fully saturated rings. The topological polar surface area (TPSA) is 61.0 Å². The first-order chi connectivity index (χ1) is 12.7. The number of carbonyl (C=O) groups is 1. The van der Waals surface area contributed by atoms with Crippen molar-refractivity contribution in [1.82, 2.24) is 15.3 Å². The van der Waals surface area contributed by atoms with E-state index in [0.717, 1.165) is 41.9 Å². The van der Waals surface area contributed by atoms with E-state index >= 15 is 0 Å². The third-order valence-corrected chi connectivity index (χ3v) is 5.10. The van der Waals surface area contributed by atoms with Crippen molar-refractivity contribution in [3.05, 3.63) is 59.1 Å². The average Bonchev–Trinajstić information content (AvgIpc) is 3.12. The molecule has 2 heterocycles. The zero-order chi connectivity index (χ0) is 17.9. The number of hydrogen-bond acceptors (Lipinski definition) is 3. The molecule has 1 unspecified atom stereocenters. The molecule has 5 nitrogen and oxygen atoms in total. The quantitative estimate of drug-likeness (QED) is 0.737. The second-order valence-corrected chi connectivity index (χ2v) is 7.14. The highest BCUT2D eigenvalue weighted by atomic mass is 35.5. The van der Waals surface area contributed by atoms with Gasteiger partial charge in [0.05, 0.1) is 17.0 Å². The summed E-state index contributed by atoms with van der Waals surface area (Å²) in [6.45, 7) is 2.13. The second-order valence-electron chi connectivity index (χ2n) is 6.71. The summed E-state index contributed by atoms with van der Waals surface area (Å²) in [5.74, 6) is 0.923. The third-order valence-electron chi connectivity index (χ3n) is 4.85. The van der Waals surface area contributed by atoms with Crippen LogP contribution >= 0.6 is 11.6 Å². The highest BCUT2D eigenvalue weighted by Crippen LogP contribution is 2.23. The van der Waals surface area contributed by atoms with E-state index < -0.39 is 0 Å². The van der Waals surface area contributed by atoms with E-state index in [9.17, 15) is 4.79 Å². The first kappa shape index (κ1) is 16.9. The largest absolute Gasteiger partial charge is 0.352 e. The summed E-state index contributed by atoms with van der Waals surface area (Å²) in [5, 5.41) is 3.75. The Morgan fingerprint density at radius 1 is 1.23 bits per heavy atom. The van der Waals surface area contributed by atoms with E-state index in [1.807, 2.05) is 48.5 Å². The van der Waals surface area contributed by atoms with E-state index in [1.165, 1.54) is 0 Å². The van der Waals surface area contributed by atoms with Crippen molar-refractivity contribution in [2.24, 2.45) is 5.92 Å². The molecule has 1 aliphatic heterocycles. The lowest BCUT2D eigenvalue weighted by molar-refractivity contribution is -0.125. The van der Waals surface area contributed by atoms with Crippen LogP contribution in [0.2, 0.25) is 5.02 Å². The lowest BCUT2D eigenvalue weighted by atomic mass is 9.97. The number of H-pyrrole nitrogens is 1. The number of amides is 1. The van der Waals surface area contributed by atoms with Crippen LogP contribution in [0.5, 0.6) is 0 Å². The van der Waals surface area contributed by atoms with Gasteiger partial charge >= 0.3 is 0 Å². The molecule has 0 spiro atoms. The van der Waals surface area contributed by atoms with Crippen LogP contribution in [-0.2, 0) is 11.3 Å². The summed E-state index contributed by atoms with van der Waals surface area (Å²) in [6.07, 6.45) is 1.89. The van der Waals surface area contributed by atoms with Crippen molar-refractivity contribution in [2.75, 3.05) is 18.0 Å². The Morgan fingerprint density at radius 3 is 2.85 bits per heavy atom. The highest BCUT2D eigenvalue weighted by Gasteiger charge is 2.27. The maximum atomic E-state index is 12.6. The molecule has 134 valence electrons. The number of fused-ring (bicyclic) bond motifs is 1. The summed E-state index contributed by atoms with van der Waals surface area (Å²) >= 11 is 5.90. The number of hydrogen-bond donors (Lipinski definition) is 2. The van der Waals surface area contributed by atoms with Crippen molar-refractivity contribution in [3.63, 3.8) is 0 Å². The van der Waals surface area contributed by atoms with Gasteiger partial charge in [-0.1, -0.05) is 35.9 Å². The number of anilines is 1. The Balaban J connectivity index is 1.39. The van der Waals surface area contributed by atoms with Gasteiger partial charge < -0.3 is 15.2 Å². The molecular weight excluding hydrogens is 348 g/mol. The molecule has 2 N–H and O–H groups in total. The number of piperidine rings is 1. The summed E-state index contributed by atoms with van der Waals surface area (Å²) in [7, 11) is 0. The Bertz CT molecular complexity index is 873. The normalized spacial score (nSPS) is 17.4. The van der Waals surface area contributed by atoms with Gasteiger partial charge in [-0.2, -0.15) is 0 Å². The third kappa shape index (κ3) is 3.68. The number of imidazole rings is 1. The van der Waals surface area contributed by atoms with Gasteiger partial charge in [-0.15, -0.1) is 0 Å². The summed E-state index contributed by atoms with van der Waals surface area (Å²) in [6, 6.07) is 15.5. The second kappa shape index (κ2) is 7.38. The van der Waals surface area contributed by atoms with Crippen molar-refractivity contribution in [1.29, 1.82) is 0 Å². The number of para-hydroxylation sites is 2. The van der Waals surface area contributed by atoms with Gasteiger partial charge in [0, 0.05) is 24.7 Å². The number of halogens is 1. The molecule has 1 atom stereocenters. The Hall–Kier alpha value is -2.53. The van der Waals surface area contributed by atoms with Crippen molar-refractivity contribution in [3.8, 4) is 0 Å². The van der Waals surface area contributed by atoms with E-state index in [1.54, 1.807) is 0 Å². The van der Waals surface area contributed by atoms with Crippen molar-refractivity contribution in [2.45, 2.75) is 19.4 Å². The molecule has 1 saturated heterocycles. The van der Waals surface area contributed by atoms with Crippen LogP contribution in [0.1, 0.15) is 18.4 Å². The number of rotatable bonds is 4. The molecule has 2 aromatic carbocycles. The smallest absolute Gasteiger partial charge is 0.225 e. The number of benzene rings is 2. The minimum Gasteiger partial charge on any atom is -0.352 e. The summed E-state index contributed by atoms with van der Waals surface area (Å²) in [4.78, 5) is 22.8. The molecule has 0 bridgehead atoms. The predicted molar refractivity (Wildman–Crippen MR) is 104 cm³/mol. The van der Waals surface area contributed by atoms with Crippen LogP contribution < -0.4 is 10.2 Å². The van der Waals surface area contributed by atoms with E-state index in [4.69, 9.17) is 11.6 Å². The fourth-order valence-corrected chi connectivity index (χ4v) is 3.53. The van der Waals surface area contributed by atoms with E-state index in [2.05, 4.69) is 20.2 Å². The number of aromatic amines is 1. The van der Waals surface area contributed by atoms with Gasteiger partial charge in [0.2, 0.25) is 11.9 Å². The number of nitrogens with one attached hydrogen (secondary N) is 2. The van der Waals surface area contributed by atoms with Crippen molar-refractivity contribution >= 4 is 34.5 Å². The van der Waals surface area contributed by atoms with Crippen LogP contribution in [0, 0.1) is 5.92 Å². The molecule has 0 saturated carbocycles. The van der Waals surface area contributed by atoms with Crippen LogP contribution in [0.3, 0.4) is 0 Å². The molecule has 1 aliphatic rings.